The molecule has 0 spiro atoms. The SMILES string of the molecule is O=C(O)c1ccc(-c2cc(-c3cccc(F)c3)no2)cc1. The highest BCUT2D eigenvalue weighted by Gasteiger charge is 2.10. The average Bonchev–Trinajstić information content (AvgIpc) is 2.97. The first-order valence-electron chi connectivity index (χ1n) is 6.20. The fraction of sp³-hybridized carbons (Fsp3) is 0. The standard InChI is InChI=1S/C16H10FNO3/c17-13-3-1-2-12(8-13)14-9-15(21-18-14)10-4-6-11(7-5-10)16(19)20/h1-9H,(H,19,20). The lowest BCUT2D eigenvalue weighted by Crippen LogP contribution is -1.94. The van der Waals surface area contributed by atoms with Crippen LogP contribution in [0.2, 0.25) is 0 Å². The molecule has 0 aliphatic carbocycles. The van der Waals surface area contributed by atoms with E-state index in [2.05, 4.69) is 5.16 Å². The van der Waals surface area contributed by atoms with Gasteiger partial charge in [-0.15, -0.1) is 0 Å². The molecule has 1 aromatic heterocycles. The molecule has 104 valence electrons. The Bertz CT molecular complexity index is 793. The Kier molecular flexibility index (Phi) is 3.23. The first kappa shape index (κ1) is 13.1. The van der Waals surface area contributed by atoms with Gasteiger partial charge in [0, 0.05) is 17.2 Å². The van der Waals surface area contributed by atoms with Gasteiger partial charge in [-0.05, 0) is 24.3 Å². The third-order valence-corrected chi connectivity index (χ3v) is 3.05. The molecule has 0 aliphatic rings. The van der Waals surface area contributed by atoms with Gasteiger partial charge in [0.1, 0.15) is 11.5 Å². The van der Waals surface area contributed by atoms with Crippen LogP contribution in [0.15, 0.2) is 59.1 Å². The van der Waals surface area contributed by atoms with Crippen molar-refractivity contribution >= 4 is 5.97 Å². The van der Waals surface area contributed by atoms with Crippen molar-refractivity contribution in [3.05, 3.63) is 66.0 Å². The summed E-state index contributed by atoms with van der Waals surface area (Å²) in [7, 11) is 0. The number of aromatic carboxylic acids is 1. The van der Waals surface area contributed by atoms with Crippen LogP contribution in [0.1, 0.15) is 10.4 Å². The van der Waals surface area contributed by atoms with Crippen molar-refractivity contribution in [2.75, 3.05) is 0 Å². The number of carboxylic acids is 1. The largest absolute Gasteiger partial charge is 0.478 e. The minimum absolute atomic E-state index is 0.198. The topological polar surface area (TPSA) is 63.3 Å². The molecule has 0 unspecified atom stereocenters. The van der Waals surface area contributed by atoms with E-state index in [4.69, 9.17) is 9.63 Å². The number of halogens is 1. The van der Waals surface area contributed by atoms with Gasteiger partial charge in [0.15, 0.2) is 5.76 Å². The van der Waals surface area contributed by atoms with Crippen molar-refractivity contribution in [3.63, 3.8) is 0 Å². The Morgan fingerprint density at radius 3 is 2.48 bits per heavy atom. The molecule has 0 saturated heterocycles. The van der Waals surface area contributed by atoms with Crippen LogP contribution in [0.4, 0.5) is 4.39 Å². The van der Waals surface area contributed by atoms with Crippen LogP contribution in [0.5, 0.6) is 0 Å². The molecule has 0 bridgehead atoms. The van der Waals surface area contributed by atoms with Crippen molar-refractivity contribution in [2.45, 2.75) is 0 Å². The molecule has 4 nitrogen and oxygen atoms in total. The first-order valence-corrected chi connectivity index (χ1v) is 6.20. The van der Waals surface area contributed by atoms with Crippen molar-refractivity contribution in [3.8, 4) is 22.6 Å². The molecule has 1 N–H and O–H groups in total. The lowest BCUT2D eigenvalue weighted by atomic mass is 10.1. The number of aromatic nitrogens is 1. The summed E-state index contributed by atoms with van der Waals surface area (Å²) in [6.45, 7) is 0. The van der Waals surface area contributed by atoms with Gasteiger partial charge < -0.3 is 9.63 Å². The molecule has 0 amide bonds. The van der Waals surface area contributed by atoms with E-state index in [0.29, 0.717) is 22.6 Å². The second-order valence-electron chi connectivity index (χ2n) is 4.47. The molecule has 5 heteroatoms. The zero-order valence-corrected chi connectivity index (χ0v) is 10.8. The summed E-state index contributed by atoms with van der Waals surface area (Å²) in [5.41, 5.74) is 2.04. The Labute approximate surface area is 119 Å². The second-order valence-corrected chi connectivity index (χ2v) is 4.47. The quantitative estimate of drug-likeness (QED) is 0.793. The first-order chi connectivity index (χ1) is 10.1. The molecular formula is C16H10FNO3. The van der Waals surface area contributed by atoms with Gasteiger partial charge in [-0.3, -0.25) is 0 Å². The average molecular weight is 283 g/mol. The maximum Gasteiger partial charge on any atom is 0.335 e. The summed E-state index contributed by atoms with van der Waals surface area (Å²) in [6, 6.07) is 14.0. The number of hydrogen-bond donors (Lipinski definition) is 1. The number of benzene rings is 2. The highest BCUT2D eigenvalue weighted by molar-refractivity contribution is 5.88. The minimum Gasteiger partial charge on any atom is -0.478 e. The normalized spacial score (nSPS) is 10.5. The number of carboxylic acid groups (broad SMARTS) is 1. The highest BCUT2D eigenvalue weighted by atomic mass is 19.1. The zero-order valence-electron chi connectivity index (χ0n) is 10.8. The Morgan fingerprint density at radius 2 is 1.81 bits per heavy atom. The Balaban J connectivity index is 1.93. The summed E-state index contributed by atoms with van der Waals surface area (Å²) in [4.78, 5) is 10.8. The van der Waals surface area contributed by atoms with Crippen molar-refractivity contribution in [1.29, 1.82) is 0 Å². The monoisotopic (exact) mass is 283 g/mol. The van der Waals surface area contributed by atoms with Gasteiger partial charge >= 0.3 is 5.97 Å². The fourth-order valence-electron chi connectivity index (χ4n) is 1.97. The summed E-state index contributed by atoms with van der Waals surface area (Å²) in [5.74, 6) is -0.839. The molecule has 3 aromatic rings. The fourth-order valence-corrected chi connectivity index (χ4v) is 1.97. The van der Waals surface area contributed by atoms with Crippen LogP contribution < -0.4 is 0 Å². The van der Waals surface area contributed by atoms with E-state index in [1.165, 1.54) is 24.3 Å². The van der Waals surface area contributed by atoms with Gasteiger partial charge in [0.2, 0.25) is 0 Å². The molecule has 21 heavy (non-hydrogen) atoms. The molecule has 3 rings (SSSR count). The van der Waals surface area contributed by atoms with E-state index in [0.717, 1.165) is 0 Å². The maximum absolute atomic E-state index is 13.2. The molecule has 0 saturated carbocycles. The van der Waals surface area contributed by atoms with Gasteiger partial charge in [0.05, 0.1) is 5.56 Å². The Morgan fingerprint density at radius 1 is 1.05 bits per heavy atom. The van der Waals surface area contributed by atoms with E-state index in [-0.39, 0.29) is 11.4 Å². The number of nitrogens with zero attached hydrogens (tertiary/aromatic N) is 1. The third kappa shape index (κ3) is 2.67. The lowest BCUT2D eigenvalue weighted by Gasteiger charge is -1.96. The van der Waals surface area contributed by atoms with E-state index >= 15 is 0 Å². The van der Waals surface area contributed by atoms with Crippen LogP contribution in [0, 0.1) is 5.82 Å². The molecule has 0 fully saturated rings. The number of rotatable bonds is 3. The second kappa shape index (κ2) is 5.20. The molecule has 0 radical (unpaired) electrons. The maximum atomic E-state index is 13.2. The molecular weight excluding hydrogens is 273 g/mol. The zero-order chi connectivity index (χ0) is 14.8. The van der Waals surface area contributed by atoms with Crippen LogP contribution in [-0.2, 0) is 0 Å². The van der Waals surface area contributed by atoms with Gasteiger partial charge in [-0.1, -0.05) is 29.4 Å². The van der Waals surface area contributed by atoms with Crippen molar-refractivity contribution in [2.24, 2.45) is 0 Å². The predicted molar refractivity (Wildman–Crippen MR) is 74.3 cm³/mol. The van der Waals surface area contributed by atoms with Crippen LogP contribution >= 0.6 is 0 Å². The third-order valence-electron chi connectivity index (χ3n) is 3.05. The van der Waals surface area contributed by atoms with E-state index in [9.17, 15) is 9.18 Å². The molecule has 1 heterocycles. The highest BCUT2D eigenvalue weighted by Crippen LogP contribution is 2.26. The van der Waals surface area contributed by atoms with E-state index in [1.54, 1.807) is 30.3 Å². The lowest BCUT2D eigenvalue weighted by molar-refractivity contribution is 0.0697. The molecule has 0 aliphatic heterocycles. The van der Waals surface area contributed by atoms with E-state index in [1.807, 2.05) is 0 Å². The predicted octanol–water partition coefficient (Wildman–Crippen LogP) is 3.85. The van der Waals surface area contributed by atoms with Gasteiger partial charge in [0.25, 0.3) is 0 Å². The van der Waals surface area contributed by atoms with Crippen molar-refractivity contribution in [1.82, 2.24) is 5.16 Å². The van der Waals surface area contributed by atoms with Crippen LogP contribution in [0.3, 0.4) is 0 Å². The summed E-state index contributed by atoms with van der Waals surface area (Å²) in [5, 5.41) is 12.8. The summed E-state index contributed by atoms with van der Waals surface area (Å²) >= 11 is 0. The minimum atomic E-state index is -0.987. The smallest absolute Gasteiger partial charge is 0.335 e. The number of carbonyl (C=O) groups is 1. The molecule has 0 atom stereocenters. The molecule has 2 aromatic carbocycles. The van der Waals surface area contributed by atoms with Crippen LogP contribution in [-0.4, -0.2) is 16.2 Å². The van der Waals surface area contributed by atoms with E-state index < -0.39 is 5.97 Å². The van der Waals surface area contributed by atoms with Crippen LogP contribution in [0.25, 0.3) is 22.6 Å². The summed E-state index contributed by atoms with van der Waals surface area (Å²) < 4.78 is 18.4. The van der Waals surface area contributed by atoms with Gasteiger partial charge in [-0.25, -0.2) is 9.18 Å². The summed E-state index contributed by atoms with van der Waals surface area (Å²) in [6.07, 6.45) is 0. The number of hydrogen-bond acceptors (Lipinski definition) is 3. The van der Waals surface area contributed by atoms with Crippen molar-refractivity contribution < 1.29 is 18.8 Å². The Hall–Kier alpha value is -2.95. The van der Waals surface area contributed by atoms with Gasteiger partial charge in [-0.2, -0.15) is 0 Å².